The Kier molecular flexibility index (Phi) is 7.60. The Morgan fingerprint density at radius 1 is 0.368 bits per heavy atom. The molecule has 6 nitrogen and oxygen atoms in total. The molecule has 0 aliphatic carbocycles. The van der Waals surface area contributed by atoms with E-state index in [9.17, 15) is 0 Å². The zero-order valence-electron chi connectivity index (χ0n) is 31.1. The van der Waals surface area contributed by atoms with Gasteiger partial charge in [0.25, 0.3) is 0 Å². The standard InChI is InChI=1S/C51H34N6/c1-33-24-26-46(40(30-33)42-32-52-29-28-48(42)56-43-21-11-8-18-37(43)38-19-9-12-22-44(38)56)57-45-23-13-10-20-39(45)41-31-36(25-27-47(41)57)51-54-49(34-14-4-2-5-15-34)53-50(55-51)35-16-6-3-7-17-35/h2-32H,1H3. The molecule has 0 bridgehead atoms. The first-order valence-electron chi connectivity index (χ1n) is 19.1. The van der Waals surface area contributed by atoms with E-state index in [2.05, 4.69) is 131 Å². The Balaban J connectivity index is 1.13. The highest BCUT2D eigenvalue weighted by Gasteiger charge is 2.21. The van der Waals surface area contributed by atoms with Crippen molar-refractivity contribution in [2.45, 2.75) is 6.92 Å². The summed E-state index contributed by atoms with van der Waals surface area (Å²) in [6, 6.07) is 61.6. The van der Waals surface area contributed by atoms with E-state index in [0.717, 1.165) is 72.0 Å². The molecule has 57 heavy (non-hydrogen) atoms. The summed E-state index contributed by atoms with van der Waals surface area (Å²) in [4.78, 5) is 19.8. The van der Waals surface area contributed by atoms with Crippen molar-refractivity contribution in [3.05, 3.63) is 194 Å². The first kappa shape index (κ1) is 32.7. The Labute approximate surface area is 329 Å². The molecule has 0 saturated heterocycles. The zero-order chi connectivity index (χ0) is 37.9. The van der Waals surface area contributed by atoms with Gasteiger partial charge in [-0.05, 0) is 61.5 Å². The lowest BCUT2D eigenvalue weighted by Crippen LogP contribution is -2.02. The molecule has 4 aromatic heterocycles. The molecule has 0 atom stereocenters. The fourth-order valence-corrected chi connectivity index (χ4v) is 8.34. The van der Waals surface area contributed by atoms with Gasteiger partial charge in [0.05, 0.1) is 33.4 Å². The molecule has 0 aliphatic rings. The van der Waals surface area contributed by atoms with E-state index < -0.39 is 0 Å². The van der Waals surface area contributed by atoms with Crippen molar-refractivity contribution in [3.63, 3.8) is 0 Å². The van der Waals surface area contributed by atoms with Crippen LogP contribution in [0, 0.1) is 6.92 Å². The fourth-order valence-electron chi connectivity index (χ4n) is 8.34. The molecule has 0 N–H and O–H groups in total. The van der Waals surface area contributed by atoms with Crippen molar-refractivity contribution in [1.82, 2.24) is 29.1 Å². The normalized spacial score (nSPS) is 11.6. The largest absolute Gasteiger partial charge is 0.309 e. The van der Waals surface area contributed by atoms with E-state index in [4.69, 9.17) is 19.9 Å². The Bertz CT molecular complexity index is 3200. The molecule has 6 heteroatoms. The molecule has 4 heterocycles. The molecular weight excluding hydrogens is 697 g/mol. The van der Waals surface area contributed by atoms with Crippen LogP contribution in [0.4, 0.5) is 0 Å². The van der Waals surface area contributed by atoms with E-state index in [0.29, 0.717) is 17.5 Å². The summed E-state index contributed by atoms with van der Waals surface area (Å²) in [5.41, 5.74) is 12.8. The third-order valence-electron chi connectivity index (χ3n) is 10.9. The van der Waals surface area contributed by atoms with Crippen LogP contribution in [-0.4, -0.2) is 29.1 Å². The summed E-state index contributed by atoms with van der Waals surface area (Å²) in [6.45, 7) is 2.16. The molecule has 0 radical (unpaired) electrons. The van der Waals surface area contributed by atoms with Gasteiger partial charge in [-0.2, -0.15) is 0 Å². The number of benzene rings is 7. The number of aryl methyl sites for hydroxylation is 1. The third-order valence-corrected chi connectivity index (χ3v) is 10.9. The monoisotopic (exact) mass is 730 g/mol. The number of para-hydroxylation sites is 3. The zero-order valence-corrected chi connectivity index (χ0v) is 31.1. The summed E-state index contributed by atoms with van der Waals surface area (Å²) in [7, 11) is 0. The maximum atomic E-state index is 5.05. The molecule has 7 aromatic carbocycles. The van der Waals surface area contributed by atoms with Crippen molar-refractivity contribution in [1.29, 1.82) is 0 Å². The maximum absolute atomic E-state index is 5.05. The number of hydrogen-bond acceptors (Lipinski definition) is 4. The molecule has 0 amide bonds. The molecule has 11 rings (SSSR count). The smallest absolute Gasteiger partial charge is 0.164 e. The molecule has 0 unspecified atom stereocenters. The average Bonchev–Trinajstić information content (AvgIpc) is 3.79. The highest BCUT2D eigenvalue weighted by atomic mass is 15.0. The predicted molar refractivity (Wildman–Crippen MR) is 233 cm³/mol. The minimum atomic E-state index is 0.628. The van der Waals surface area contributed by atoms with Gasteiger partial charge < -0.3 is 9.13 Å². The number of pyridine rings is 1. The van der Waals surface area contributed by atoms with Crippen LogP contribution in [0.25, 0.3) is 100 Å². The van der Waals surface area contributed by atoms with Gasteiger partial charge in [-0.25, -0.2) is 15.0 Å². The number of hydrogen-bond donors (Lipinski definition) is 0. The summed E-state index contributed by atoms with van der Waals surface area (Å²) >= 11 is 0. The summed E-state index contributed by atoms with van der Waals surface area (Å²) in [5.74, 6) is 1.91. The summed E-state index contributed by atoms with van der Waals surface area (Å²) in [6.07, 6.45) is 3.91. The van der Waals surface area contributed by atoms with Gasteiger partial charge in [-0.1, -0.05) is 127 Å². The molecule has 268 valence electrons. The average molecular weight is 731 g/mol. The summed E-state index contributed by atoms with van der Waals surface area (Å²) in [5, 5.41) is 4.72. The minimum Gasteiger partial charge on any atom is -0.309 e. The van der Waals surface area contributed by atoms with E-state index >= 15 is 0 Å². The topological polar surface area (TPSA) is 61.4 Å². The molecule has 0 saturated carbocycles. The van der Waals surface area contributed by atoms with Crippen LogP contribution < -0.4 is 0 Å². The van der Waals surface area contributed by atoms with Crippen LogP contribution in [0.5, 0.6) is 0 Å². The molecule has 11 aromatic rings. The first-order chi connectivity index (χ1) is 28.2. The van der Waals surface area contributed by atoms with Crippen LogP contribution in [0.3, 0.4) is 0 Å². The second kappa shape index (κ2) is 13.3. The van der Waals surface area contributed by atoms with E-state index in [1.54, 1.807) is 0 Å². The van der Waals surface area contributed by atoms with Crippen LogP contribution >= 0.6 is 0 Å². The second-order valence-corrected chi connectivity index (χ2v) is 14.4. The van der Waals surface area contributed by atoms with Crippen molar-refractivity contribution >= 4 is 43.6 Å². The van der Waals surface area contributed by atoms with E-state index in [1.807, 2.05) is 73.1 Å². The highest BCUT2D eigenvalue weighted by molar-refractivity contribution is 6.12. The van der Waals surface area contributed by atoms with Gasteiger partial charge in [0.1, 0.15) is 0 Å². The SMILES string of the molecule is Cc1ccc(-n2c3ccccc3c3cc(-c4nc(-c5ccccc5)nc(-c5ccccc5)n4)ccc32)c(-c2cnccc2-n2c3ccccc3c3ccccc32)c1. The number of fused-ring (bicyclic) bond motifs is 6. The van der Waals surface area contributed by atoms with Crippen molar-refractivity contribution in [2.24, 2.45) is 0 Å². The van der Waals surface area contributed by atoms with Crippen LogP contribution in [-0.2, 0) is 0 Å². The first-order valence-corrected chi connectivity index (χ1v) is 19.1. The molecule has 0 spiro atoms. The predicted octanol–water partition coefficient (Wildman–Crippen LogP) is 12.4. The van der Waals surface area contributed by atoms with Crippen LogP contribution in [0.2, 0.25) is 0 Å². The van der Waals surface area contributed by atoms with Gasteiger partial charge in [-0.15, -0.1) is 0 Å². The Morgan fingerprint density at radius 2 is 0.842 bits per heavy atom. The minimum absolute atomic E-state index is 0.628. The molecule has 0 aliphatic heterocycles. The van der Waals surface area contributed by atoms with Gasteiger partial charge in [0.15, 0.2) is 17.5 Å². The highest BCUT2D eigenvalue weighted by Crippen LogP contribution is 2.41. The fraction of sp³-hybridized carbons (Fsp3) is 0.0196. The number of rotatable bonds is 6. The number of aromatic nitrogens is 6. The van der Waals surface area contributed by atoms with Gasteiger partial charge >= 0.3 is 0 Å². The summed E-state index contributed by atoms with van der Waals surface area (Å²) < 4.78 is 4.78. The van der Waals surface area contributed by atoms with Crippen molar-refractivity contribution in [3.8, 4) is 56.7 Å². The van der Waals surface area contributed by atoms with Crippen LogP contribution in [0.15, 0.2) is 188 Å². The molecule has 0 fully saturated rings. The number of nitrogens with zero attached hydrogens (tertiary/aromatic N) is 6. The van der Waals surface area contributed by atoms with E-state index in [-0.39, 0.29) is 0 Å². The second-order valence-electron chi connectivity index (χ2n) is 14.4. The van der Waals surface area contributed by atoms with E-state index in [1.165, 1.54) is 16.3 Å². The molecular formula is C51H34N6. The lowest BCUT2D eigenvalue weighted by atomic mass is 10.0. The van der Waals surface area contributed by atoms with Gasteiger partial charge in [-0.3, -0.25) is 4.98 Å². The Morgan fingerprint density at radius 3 is 1.42 bits per heavy atom. The van der Waals surface area contributed by atoms with Gasteiger partial charge in [0.2, 0.25) is 0 Å². The maximum Gasteiger partial charge on any atom is 0.164 e. The Hall–Kier alpha value is -7.70. The third kappa shape index (κ3) is 5.41. The lowest BCUT2D eigenvalue weighted by molar-refractivity contribution is 1.07. The quantitative estimate of drug-likeness (QED) is 0.171. The van der Waals surface area contributed by atoms with Gasteiger partial charge in [0, 0.05) is 61.8 Å². The lowest BCUT2D eigenvalue weighted by Gasteiger charge is -2.18. The van der Waals surface area contributed by atoms with Crippen molar-refractivity contribution in [2.75, 3.05) is 0 Å². The van der Waals surface area contributed by atoms with Crippen LogP contribution in [0.1, 0.15) is 5.56 Å². The van der Waals surface area contributed by atoms with Crippen molar-refractivity contribution < 1.29 is 0 Å².